The molecule has 0 aromatic heterocycles. The normalized spacial score (nSPS) is 11.8. The van der Waals surface area contributed by atoms with Crippen LogP contribution in [0.2, 0.25) is 0 Å². The fourth-order valence-electron chi connectivity index (χ4n) is 0.985. The molecule has 1 aromatic rings. The lowest BCUT2D eigenvalue weighted by atomic mass is 10.1. The van der Waals surface area contributed by atoms with Crippen molar-refractivity contribution in [3.63, 3.8) is 0 Å². The molecule has 1 aromatic carbocycles. The molecule has 0 amide bonds. The molecular weight excluding hydrogens is 182 g/mol. The highest BCUT2D eigenvalue weighted by Crippen LogP contribution is 2.15. The molecule has 1 atom stereocenters. The Morgan fingerprint density at radius 1 is 1.38 bits per heavy atom. The van der Waals surface area contributed by atoms with E-state index in [1.54, 1.807) is 0 Å². The second-order valence-electron chi connectivity index (χ2n) is 2.64. The summed E-state index contributed by atoms with van der Waals surface area (Å²) in [5.41, 5.74) is 12.9. The van der Waals surface area contributed by atoms with Crippen LogP contribution in [0.25, 0.3) is 0 Å². The minimum atomic E-state index is -0.106. The highest BCUT2D eigenvalue weighted by molar-refractivity contribution is 7.78. The molecule has 0 heterocycles. The van der Waals surface area contributed by atoms with E-state index < -0.39 is 0 Å². The Balaban J connectivity index is 2.86. The van der Waals surface area contributed by atoms with Crippen LogP contribution >= 0.6 is 12.2 Å². The van der Waals surface area contributed by atoms with Crippen molar-refractivity contribution in [1.82, 2.24) is 0 Å². The number of aliphatic imine (C=N–C) groups is 1. The SMILES string of the molecule is NCC(N)c1ccc(N=C=S)cc1. The number of hydrogen-bond donors (Lipinski definition) is 2. The molecule has 13 heavy (non-hydrogen) atoms. The van der Waals surface area contributed by atoms with Gasteiger partial charge in [-0.1, -0.05) is 12.1 Å². The Labute approximate surface area is 82.5 Å². The van der Waals surface area contributed by atoms with Crippen LogP contribution in [0.4, 0.5) is 5.69 Å². The summed E-state index contributed by atoms with van der Waals surface area (Å²) in [5.74, 6) is 0. The topological polar surface area (TPSA) is 64.4 Å². The van der Waals surface area contributed by atoms with Crippen molar-refractivity contribution in [3.8, 4) is 0 Å². The van der Waals surface area contributed by atoms with Gasteiger partial charge in [-0.15, -0.1) is 0 Å². The second-order valence-corrected chi connectivity index (χ2v) is 2.82. The number of benzene rings is 1. The average molecular weight is 193 g/mol. The predicted octanol–water partition coefficient (Wildman–Crippen LogP) is 1.38. The number of thiocarbonyl (C=S) groups is 1. The van der Waals surface area contributed by atoms with Crippen molar-refractivity contribution in [1.29, 1.82) is 0 Å². The Morgan fingerprint density at radius 2 is 2.00 bits per heavy atom. The fraction of sp³-hybridized carbons (Fsp3) is 0.222. The number of nitrogens with zero attached hydrogens (tertiary/aromatic N) is 1. The van der Waals surface area contributed by atoms with Gasteiger partial charge >= 0.3 is 0 Å². The summed E-state index contributed by atoms with van der Waals surface area (Å²) in [6.45, 7) is 0.440. The maximum Gasteiger partial charge on any atom is 0.0739 e. The van der Waals surface area contributed by atoms with Gasteiger partial charge in [0.25, 0.3) is 0 Å². The number of isothiocyanates is 1. The summed E-state index contributed by atoms with van der Waals surface area (Å²) in [6.07, 6.45) is 0. The highest BCUT2D eigenvalue weighted by Gasteiger charge is 2.01. The van der Waals surface area contributed by atoms with E-state index in [-0.39, 0.29) is 6.04 Å². The first-order chi connectivity index (χ1) is 6.27. The Kier molecular flexibility index (Phi) is 3.73. The molecule has 0 aliphatic rings. The van der Waals surface area contributed by atoms with Crippen LogP contribution in [0.3, 0.4) is 0 Å². The van der Waals surface area contributed by atoms with E-state index in [1.807, 2.05) is 24.3 Å². The standard InChI is InChI=1S/C9H11N3S/c10-5-9(11)7-1-3-8(4-2-7)12-6-13/h1-4,9H,5,10-11H2. The van der Waals surface area contributed by atoms with Crippen LogP contribution in [0.15, 0.2) is 29.3 Å². The lowest BCUT2D eigenvalue weighted by Crippen LogP contribution is -2.20. The van der Waals surface area contributed by atoms with Gasteiger partial charge < -0.3 is 11.5 Å². The van der Waals surface area contributed by atoms with Gasteiger partial charge in [-0.2, -0.15) is 4.99 Å². The van der Waals surface area contributed by atoms with Crippen molar-refractivity contribution in [2.75, 3.05) is 6.54 Å². The van der Waals surface area contributed by atoms with E-state index in [9.17, 15) is 0 Å². The van der Waals surface area contributed by atoms with E-state index in [1.165, 1.54) is 0 Å². The fourth-order valence-corrected chi connectivity index (χ4v) is 1.09. The van der Waals surface area contributed by atoms with E-state index in [4.69, 9.17) is 11.5 Å². The summed E-state index contributed by atoms with van der Waals surface area (Å²) >= 11 is 4.48. The molecule has 4 heteroatoms. The van der Waals surface area contributed by atoms with Gasteiger partial charge in [0.2, 0.25) is 0 Å². The average Bonchev–Trinajstić information content (AvgIpc) is 2.18. The monoisotopic (exact) mass is 193 g/mol. The van der Waals surface area contributed by atoms with Crippen molar-refractivity contribution in [3.05, 3.63) is 29.8 Å². The Hall–Kier alpha value is -1.06. The largest absolute Gasteiger partial charge is 0.329 e. The van der Waals surface area contributed by atoms with Crippen molar-refractivity contribution in [2.24, 2.45) is 16.5 Å². The van der Waals surface area contributed by atoms with Crippen LogP contribution in [0.1, 0.15) is 11.6 Å². The van der Waals surface area contributed by atoms with Crippen molar-refractivity contribution in [2.45, 2.75) is 6.04 Å². The van der Waals surface area contributed by atoms with Crippen LogP contribution in [0, 0.1) is 0 Å². The minimum Gasteiger partial charge on any atom is -0.329 e. The van der Waals surface area contributed by atoms with Gasteiger partial charge in [-0.25, -0.2) is 0 Å². The maximum absolute atomic E-state index is 5.73. The van der Waals surface area contributed by atoms with Crippen molar-refractivity contribution >= 4 is 23.1 Å². The zero-order chi connectivity index (χ0) is 9.68. The molecule has 1 rings (SSSR count). The molecule has 0 spiro atoms. The van der Waals surface area contributed by atoms with Crippen molar-refractivity contribution < 1.29 is 0 Å². The molecule has 4 N–H and O–H groups in total. The lowest BCUT2D eigenvalue weighted by Gasteiger charge is -2.07. The molecular formula is C9H11N3S. The van der Waals surface area contributed by atoms with Gasteiger partial charge in [0, 0.05) is 12.6 Å². The van der Waals surface area contributed by atoms with E-state index in [0.29, 0.717) is 6.54 Å². The zero-order valence-electron chi connectivity index (χ0n) is 7.10. The van der Waals surface area contributed by atoms with Crippen LogP contribution in [-0.2, 0) is 0 Å². The molecule has 1 unspecified atom stereocenters. The summed E-state index contributed by atoms with van der Waals surface area (Å²) in [4.78, 5) is 3.83. The van der Waals surface area contributed by atoms with E-state index in [0.717, 1.165) is 11.3 Å². The van der Waals surface area contributed by atoms with Crippen LogP contribution in [0.5, 0.6) is 0 Å². The summed E-state index contributed by atoms with van der Waals surface area (Å²) in [5, 5.41) is 2.30. The summed E-state index contributed by atoms with van der Waals surface area (Å²) in [6, 6.07) is 7.35. The Bertz CT molecular complexity index is 314. The molecule has 0 aliphatic carbocycles. The molecule has 0 aliphatic heterocycles. The van der Waals surface area contributed by atoms with Gasteiger partial charge in [0.15, 0.2) is 0 Å². The number of nitrogens with two attached hydrogens (primary N) is 2. The quantitative estimate of drug-likeness (QED) is 0.563. The van der Waals surface area contributed by atoms with Gasteiger partial charge in [0.1, 0.15) is 0 Å². The van der Waals surface area contributed by atoms with Crippen LogP contribution in [-0.4, -0.2) is 11.7 Å². The smallest absolute Gasteiger partial charge is 0.0739 e. The molecule has 68 valence electrons. The summed E-state index contributed by atoms with van der Waals surface area (Å²) < 4.78 is 0. The maximum atomic E-state index is 5.73. The molecule has 3 nitrogen and oxygen atoms in total. The first-order valence-electron chi connectivity index (χ1n) is 3.91. The number of hydrogen-bond acceptors (Lipinski definition) is 4. The third-order valence-corrected chi connectivity index (χ3v) is 1.84. The predicted molar refractivity (Wildman–Crippen MR) is 57.1 cm³/mol. The lowest BCUT2D eigenvalue weighted by molar-refractivity contribution is 0.737. The van der Waals surface area contributed by atoms with E-state index in [2.05, 4.69) is 22.4 Å². The third kappa shape index (κ3) is 2.72. The van der Waals surface area contributed by atoms with Crippen LogP contribution < -0.4 is 11.5 Å². The van der Waals surface area contributed by atoms with Gasteiger partial charge in [0.05, 0.1) is 10.8 Å². The summed E-state index contributed by atoms with van der Waals surface area (Å²) in [7, 11) is 0. The Morgan fingerprint density at radius 3 is 2.46 bits per heavy atom. The third-order valence-electron chi connectivity index (χ3n) is 1.75. The van der Waals surface area contributed by atoms with Gasteiger partial charge in [-0.05, 0) is 29.9 Å². The molecule has 0 saturated carbocycles. The number of rotatable bonds is 3. The molecule has 0 radical (unpaired) electrons. The minimum absolute atomic E-state index is 0.106. The first kappa shape index (κ1) is 10.0. The molecule has 0 fully saturated rings. The second kappa shape index (κ2) is 4.84. The zero-order valence-corrected chi connectivity index (χ0v) is 7.92. The van der Waals surface area contributed by atoms with Gasteiger partial charge in [-0.3, -0.25) is 0 Å². The highest BCUT2D eigenvalue weighted by atomic mass is 32.1. The molecule has 0 saturated heterocycles. The first-order valence-corrected chi connectivity index (χ1v) is 4.32. The molecule has 0 bridgehead atoms. The van der Waals surface area contributed by atoms with E-state index >= 15 is 0 Å².